The molecule has 1 saturated heterocycles. The molecule has 6 heteroatoms. The second kappa shape index (κ2) is 7.47. The Labute approximate surface area is 152 Å². The quantitative estimate of drug-likeness (QED) is 0.770. The Bertz CT molecular complexity index is 863. The smallest absolute Gasteiger partial charge is 0.222 e. The molecule has 0 aromatic carbocycles. The monoisotopic (exact) mass is 347 g/mol. The number of rotatable bonds is 5. The van der Waals surface area contributed by atoms with E-state index in [9.17, 15) is 4.79 Å². The van der Waals surface area contributed by atoms with Gasteiger partial charge in [0, 0.05) is 61.5 Å². The zero-order valence-corrected chi connectivity index (χ0v) is 14.5. The minimum Gasteiger partial charge on any atom is -0.348 e. The van der Waals surface area contributed by atoms with Gasteiger partial charge < -0.3 is 9.88 Å². The Morgan fingerprint density at radius 3 is 2.88 bits per heavy atom. The normalized spacial score (nSPS) is 16.8. The molecule has 3 aromatic rings. The number of aryl methyl sites for hydroxylation is 1. The molecule has 1 atom stereocenters. The zero-order chi connectivity index (χ0) is 17.8. The first-order chi connectivity index (χ1) is 12.8. The van der Waals surface area contributed by atoms with Crippen LogP contribution in [0.3, 0.4) is 0 Å². The molecular formula is C20H21N5O. The first-order valence-corrected chi connectivity index (χ1v) is 8.91. The highest BCUT2D eigenvalue weighted by atomic mass is 16.2. The summed E-state index contributed by atoms with van der Waals surface area (Å²) in [7, 11) is 0. The molecule has 4 heterocycles. The number of hydrogen-bond donors (Lipinski definition) is 1. The predicted molar refractivity (Wildman–Crippen MR) is 98.3 cm³/mol. The van der Waals surface area contributed by atoms with Crippen LogP contribution < -0.4 is 0 Å². The fourth-order valence-corrected chi connectivity index (χ4v) is 3.46. The second-order valence-electron chi connectivity index (χ2n) is 6.61. The first-order valence-electron chi connectivity index (χ1n) is 8.91. The number of aromatic nitrogens is 4. The van der Waals surface area contributed by atoms with Gasteiger partial charge in [0.1, 0.15) is 0 Å². The molecule has 1 unspecified atom stereocenters. The number of H-pyrrole nitrogens is 1. The van der Waals surface area contributed by atoms with Gasteiger partial charge in [-0.05, 0) is 42.7 Å². The number of carbonyl (C=O) groups is 1. The van der Waals surface area contributed by atoms with Gasteiger partial charge in [-0.2, -0.15) is 0 Å². The summed E-state index contributed by atoms with van der Waals surface area (Å²) in [5, 5.41) is 0. The lowest BCUT2D eigenvalue weighted by molar-refractivity contribution is -0.130. The van der Waals surface area contributed by atoms with E-state index in [0.717, 1.165) is 36.5 Å². The zero-order valence-electron chi connectivity index (χ0n) is 14.5. The Kier molecular flexibility index (Phi) is 4.73. The average molecular weight is 347 g/mol. The van der Waals surface area contributed by atoms with Crippen LogP contribution in [-0.2, 0) is 11.2 Å². The molecule has 3 aromatic heterocycles. The van der Waals surface area contributed by atoms with Crippen LogP contribution in [-0.4, -0.2) is 43.8 Å². The fraction of sp³-hybridized carbons (Fsp3) is 0.300. The van der Waals surface area contributed by atoms with Crippen molar-refractivity contribution in [3.8, 4) is 11.3 Å². The maximum atomic E-state index is 12.5. The van der Waals surface area contributed by atoms with E-state index < -0.39 is 0 Å². The second-order valence-corrected chi connectivity index (χ2v) is 6.61. The maximum absolute atomic E-state index is 12.5. The molecule has 1 aliphatic heterocycles. The third kappa shape index (κ3) is 3.64. The van der Waals surface area contributed by atoms with Crippen molar-refractivity contribution in [2.45, 2.75) is 25.2 Å². The summed E-state index contributed by atoms with van der Waals surface area (Å²) in [5.74, 6) is 0.584. The summed E-state index contributed by atoms with van der Waals surface area (Å²) in [6, 6.07) is 8.13. The highest BCUT2D eigenvalue weighted by Gasteiger charge is 2.27. The topological polar surface area (TPSA) is 74.8 Å². The number of pyridine rings is 2. The Balaban J connectivity index is 1.40. The van der Waals surface area contributed by atoms with Crippen molar-refractivity contribution in [2.24, 2.45) is 0 Å². The Morgan fingerprint density at radius 2 is 2.08 bits per heavy atom. The molecule has 0 bridgehead atoms. The molecular weight excluding hydrogens is 326 g/mol. The molecule has 0 spiro atoms. The van der Waals surface area contributed by atoms with Crippen LogP contribution in [0.2, 0.25) is 0 Å². The lowest BCUT2D eigenvalue weighted by atomic mass is 9.97. The number of nitrogens with one attached hydrogen (secondary N) is 1. The highest BCUT2D eigenvalue weighted by molar-refractivity contribution is 5.76. The van der Waals surface area contributed by atoms with E-state index in [1.165, 1.54) is 5.56 Å². The SMILES string of the molecule is O=C(CCc1cnc[nH]1)N1CCC(c2ccnc(-c3ccncc3)c2)C1. The van der Waals surface area contributed by atoms with E-state index in [2.05, 4.69) is 32.1 Å². The molecule has 1 fully saturated rings. The molecule has 0 aliphatic carbocycles. The average Bonchev–Trinajstić information content (AvgIpc) is 3.39. The summed E-state index contributed by atoms with van der Waals surface area (Å²) in [6.45, 7) is 1.60. The number of likely N-dealkylation sites (tertiary alicyclic amines) is 1. The summed E-state index contributed by atoms with van der Waals surface area (Å²) >= 11 is 0. The van der Waals surface area contributed by atoms with Crippen LogP contribution in [0.5, 0.6) is 0 Å². The van der Waals surface area contributed by atoms with Crippen molar-refractivity contribution in [1.82, 2.24) is 24.8 Å². The van der Waals surface area contributed by atoms with Gasteiger partial charge in [-0.15, -0.1) is 0 Å². The van der Waals surface area contributed by atoms with E-state index in [-0.39, 0.29) is 5.91 Å². The molecule has 1 N–H and O–H groups in total. The summed E-state index contributed by atoms with van der Waals surface area (Å²) in [6.07, 6.45) is 11.1. The van der Waals surface area contributed by atoms with Gasteiger partial charge in [0.2, 0.25) is 5.91 Å². The minimum absolute atomic E-state index is 0.213. The van der Waals surface area contributed by atoms with Crippen LogP contribution in [0.4, 0.5) is 0 Å². The Hall–Kier alpha value is -3.02. The molecule has 4 rings (SSSR count). The largest absolute Gasteiger partial charge is 0.348 e. The first kappa shape index (κ1) is 16.4. The van der Waals surface area contributed by atoms with Crippen LogP contribution in [0.15, 0.2) is 55.4 Å². The highest BCUT2D eigenvalue weighted by Crippen LogP contribution is 2.29. The number of imidazole rings is 1. The van der Waals surface area contributed by atoms with Gasteiger partial charge in [0.25, 0.3) is 0 Å². The van der Waals surface area contributed by atoms with Crippen molar-refractivity contribution >= 4 is 5.91 Å². The molecule has 1 amide bonds. The van der Waals surface area contributed by atoms with Gasteiger partial charge in [0.15, 0.2) is 0 Å². The fourth-order valence-electron chi connectivity index (χ4n) is 3.46. The van der Waals surface area contributed by atoms with E-state index in [4.69, 9.17) is 0 Å². The van der Waals surface area contributed by atoms with Gasteiger partial charge >= 0.3 is 0 Å². The van der Waals surface area contributed by atoms with E-state index in [0.29, 0.717) is 18.8 Å². The maximum Gasteiger partial charge on any atom is 0.222 e. The minimum atomic E-state index is 0.213. The van der Waals surface area contributed by atoms with Gasteiger partial charge in [-0.25, -0.2) is 4.98 Å². The van der Waals surface area contributed by atoms with Crippen LogP contribution in [0.1, 0.15) is 30.0 Å². The van der Waals surface area contributed by atoms with Crippen molar-refractivity contribution in [2.75, 3.05) is 13.1 Å². The molecule has 0 radical (unpaired) electrons. The van der Waals surface area contributed by atoms with Crippen molar-refractivity contribution in [3.05, 3.63) is 66.6 Å². The van der Waals surface area contributed by atoms with E-state index >= 15 is 0 Å². The molecule has 6 nitrogen and oxygen atoms in total. The third-order valence-electron chi connectivity index (χ3n) is 4.94. The number of hydrogen-bond acceptors (Lipinski definition) is 4. The van der Waals surface area contributed by atoms with Crippen LogP contribution in [0.25, 0.3) is 11.3 Å². The van der Waals surface area contributed by atoms with Crippen LogP contribution >= 0.6 is 0 Å². The summed E-state index contributed by atoms with van der Waals surface area (Å²) < 4.78 is 0. The van der Waals surface area contributed by atoms with E-state index in [1.807, 2.05) is 23.2 Å². The van der Waals surface area contributed by atoms with Crippen molar-refractivity contribution < 1.29 is 4.79 Å². The predicted octanol–water partition coefficient (Wildman–Crippen LogP) is 2.82. The van der Waals surface area contributed by atoms with Crippen LogP contribution in [0, 0.1) is 0 Å². The molecule has 1 aliphatic rings. The third-order valence-corrected chi connectivity index (χ3v) is 4.94. The standard InChI is InChI=1S/C20H21N5O/c26-20(2-1-18-12-22-14-24-18)25-10-6-17(13-25)16-5-9-23-19(11-16)15-3-7-21-8-4-15/h3-5,7-9,11-12,14,17H,1-2,6,10,13H2,(H,22,24). The van der Waals surface area contributed by atoms with Gasteiger partial charge in [-0.1, -0.05) is 0 Å². The molecule has 26 heavy (non-hydrogen) atoms. The summed E-state index contributed by atoms with van der Waals surface area (Å²) in [5.41, 5.74) is 4.27. The lowest BCUT2D eigenvalue weighted by Crippen LogP contribution is -2.28. The van der Waals surface area contributed by atoms with Crippen molar-refractivity contribution in [3.63, 3.8) is 0 Å². The number of amides is 1. The summed E-state index contributed by atoms with van der Waals surface area (Å²) in [4.78, 5) is 30.0. The Morgan fingerprint density at radius 1 is 1.19 bits per heavy atom. The van der Waals surface area contributed by atoms with Crippen molar-refractivity contribution in [1.29, 1.82) is 0 Å². The number of nitrogens with zero attached hydrogens (tertiary/aromatic N) is 4. The molecule has 0 saturated carbocycles. The molecule has 132 valence electrons. The number of aromatic amines is 1. The lowest BCUT2D eigenvalue weighted by Gasteiger charge is -2.17. The van der Waals surface area contributed by atoms with Gasteiger partial charge in [0.05, 0.1) is 12.0 Å². The number of carbonyl (C=O) groups excluding carboxylic acids is 1. The van der Waals surface area contributed by atoms with E-state index in [1.54, 1.807) is 24.9 Å². The van der Waals surface area contributed by atoms with Gasteiger partial charge in [-0.3, -0.25) is 14.8 Å².